The summed E-state index contributed by atoms with van der Waals surface area (Å²) in [5.74, 6) is 0.168. The minimum Gasteiger partial charge on any atom is -0.875 e. The molecule has 0 spiro atoms. The van der Waals surface area contributed by atoms with Crippen LogP contribution in [0.15, 0.2) is 59.4 Å². The molecule has 0 bridgehead atoms. The molecular formula is C16H20FeO. The molecule has 0 atom stereocenters. The Labute approximate surface area is 121 Å². The predicted octanol–water partition coefficient (Wildman–Crippen LogP) is 3.49. The van der Waals surface area contributed by atoms with Gasteiger partial charge in [0, 0.05) is 0 Å². The molecule has 0 heterocycles. The van der Waals surface area contributed by atoms with Crippen LogP contribution in [0.4, 0.5) is 0 Å². The van der Waals surface area contributed by atoms with Crippen molar-refractivity contribution in [2.45, 2.75) is 33.6 Å². The number of hydrogen-bond acceptors (Lipinski definition) is 1. The van der Waals surface area contributed by atoms with Crippen LogP contribution < -0.4 is 5.11 Å². The topological polar surface area (TPSA) is 23.1 Å². The van der Waals surface area contributed by atoms with Gasteiger partial charge < -0.3 is 5.11 Å². The minimum atomic E-state index is 0. The summed E-state index contributed by atoms with van der Waals surface area (Å²) in [7, 11) is 0. The fraction of sp³-hybridized carbons (Fsp3) is 0.312. The summed E-state index contributed by atoms with van der Waals surface area (Å²) in [4.78, 5) is 0. The van der Waals surface area contributed by atoms with Crippen LogP contribution in [0.25, 0.3) is 0 Å². The van der Waals surface area contributed by atoms with Gasteiger partial charge in [-0.2, -0.15) is 17.7 Å². The van der Waals surface area contributed by atoms with Gasteiger partial charge in [-0.1, -0.05) is 45.4 Å². The van der Waals surface area contributed by atoms with Crippen LogP contribution in [0.1, 0.15) is 32.8 Å². The fourth-order valence-corrected chi connectivity index (χ4v) is 1.76. The first-order valence-electron chi connectivity index (χ1n) is 6.15. The van der Waals surface area contributed by atoms with Crippen molar-refractivity contribution in [2.75, 3.05) is 0 Å². The van der Waals surface area contributed by atoms with Gasteiger partial charge >= 0.3 is 17.1 Å². The summed E-state index contributed by atoms with van der Waals surface area (Å²) in [5, 5.41) is 10.9. The molecule has 1 nitrogen and oxygen atoms in total. The molecule has 98 valence electrons. The van der Waals surface area contributed by atoms with E-state index in [1.54, 1.807) is 6.92 Å². The van der Waals surface area contributed by atoms with Gasteiger partial charge in [-0.15, -0.1) is 5.76 Å². The molecule has 0 radical (unpaired) electrons. The van der Waals surface area contributed by atoms with Gasteiger partial charge in [-0.05, 0) is 17.6 Å². The van der Waals surface area contributed by atoms with Gasteiger partial charge in [0.2, 0.25) is 0 Å². The molecule has 1 aliphatic carbocycles. The Bertz CT molecular complexity index is 418. The number of rotatable bonds is 2. The SMILES string of the molecule is CCC1=CC=CC1=C(C)[O-].CCc1ccc[cH-]1.[Fe+2]. The number of aryl methyl sites for hydroxylation is 1. The van der Waals surface area contributed by atoms with Crippen molar-refractivity contribution in [1.29, 1.82) is 0 Å². The summed E-state index contributed by atoms with van der Waals surface area (Å²) in [6, 6.07) is 8.41. The van der Waals surface area contributed by atoms with E-state index in [9.17, 15) is 5.11 Å². The smallest absolute Gasteiger partial charge is 0.875 e. The molecule has 0 aliphatic heterocycles. The van der Waals surface area contributed by atoms with Gasteiger partial charge in [-0.3, -0.25) is 0 Å². The number of allylic oxidation sites excluding steroid dienone is 6. The Morgan fingerprint density at radius 3 is 2.33 bits per heavy atom. The molecule has 18 heavy (non-hydrogen) atoms. The molecule has 0 N–H and O–H groups in total. The average molecular weight is 284 g/mol. The maximum atomic E-state index is 10.9. The van der Waals surface area contributed by atoms with Crippen LogP contribution in [-0.2, 0) is 23.5 Å². The summed E-state index contributed by atoms with van der Waals surface area (Å²) in [5.41, 5.74) is 3.47. The monoisotopic (exact) mass is 284 g/mol. The van der Waals surface area contributed by atoms with Gasteiger partial charge in [0.15, 0.2) is 0 Å². The molecule has 0 amide bonds. The zero-order valence-corrected chi connectivity index (χ0v) is 12.3. The van der Waals surface area contributed by atoms with Crippen molar-refractivity contribution in [3.63, 3.8) is 0 Å². The molecule has 1 aromatic rings. The standard InChI is InChI=1S/C9H12O.C7H9.Fe/c1-3-8-5-4-6-9(8)7(2)10;1-2-7-5-3-4-6-7;/h4-6,10H,3H2,1-2H3;3-6H,2H2,1H3;/q;-1;+2/p-1. The van der Waals surface area contributed by atoms with Crippen LogP contribution in [0, 0.1) is 0 Å². The average Bonchev–Trinajstić information content (AvgIpc) is 3.00. The van der Waals surface area contributed by atoms with E-state index in [1.807, 2.05) is 18.2 Å². The molecule has 1 aliphatic rings. The maximum absolute atomic E-state index is 10.9. The third-order valence-electron chi connectivity index (χ3n) is 2.81. The number of hydrogen-bond donors (Lipinski definition) is 0. The van der Waals surface area contributed by atoms with Crippen molar-refractivity contribution in [3.05, 3.63) is 65.0 Å². The third-order valence-corrected chi connectivity index (χ3v) is 2.81. The molecule has 2 rings (SSSR count). The summed E-state index contributed by atoms with van der Waals surface area (Å²) in [6.45, 7) is 5.82. The van der Waals surface area contributed by atoms with E-state index in [2.05, 4.69) is 38.1 Å². The van der Waals surface area contributed by atoms with E-state index in [1.165, 1.54) is 5.56 Å². The van der Waals surface area contributed by atoms with Crippen molar-refractivity contribution >= 4 is 0 Å². The van der Waals surface area contributed by atoms with Crippen molar-refractivity contribution < 1.29 is 22.2 Å². The quantitative estimate of drug-likeness (QED) is 0.463. The van der Waals surface area contributed by atoms with Crippen LogP contribution >= 0.6 is 0 Å². The van der Waals surface area contributed by atoms with Gasteiger partial charge in [0.1, 0.15) is 0 Å². The van der Waals surface area contributed by atoms with Crippen molar-refractivity contribution in [1.82, 2.24) is 0 Å². The molecule has 1 aromatic carbocycles. The zero-order chi connectivity index (χ0) is 12.7. The second-order valence-corrected chi connectivity index (χ2v) is 4.02. The molecule has 0 saturated heterocycles. The van der Waals surface area contributed by atoms with E-state index < -0.39 is 0 Å². The Balaban J connectivity index is 0.000000321. The molecule has 0 unspecified atom stereocenters. The van der Waals surface area contributed by atoms with Gasteiger partial charge in [0.05, 0.1) is 0 Å². The van der Waals surface area contributed by atoms with E-state index in [0.29, 0.717) is 0 Å². The second kappa shape index (κ2) is 8.90. The molecule has 0 fully saturated rings. The molecular weight excluding hydrogens is 264 g/mol. The predicted molar refractivity (Wildman–Crippen MR) is 71.6 cm³/mol. The first-order chi connectivity index (χ1) is 8.19. The fourth-order valence-electron chi connectivity index (χ4n) is 1.76. The molecule has 0 saturated carbocycles. The zero-order valence-electron chi connectivity index (χ0n) is 11.2. The normalized spacial score (nSPS) is 15.4. The van der Waals surface area contributed by atoms with E-state index in [4.69, 9.17) is 0 Å². The van der Waals surface area contributed by atoms with E-state index >= 15 is 0 Å². The molecule has 0 aromatic heterocycles. The largest absolute Gasteiger partial charge is 2.00 e. The Morgan fingerprint density at radius 2 is 2.00 bits per heavy atom. The first kappa shape index (κ1) is 16.9. The second-order valence-electron chi connectivity index (χ2n) is 4.02. The summed E-state index contributed by atoms with van der Waals surface area (Å²) in [6.07, 6.45) is 7.91. The van der Waals surface area contributed by atoms with Crippen molar-refractivity contribution in [3.8, 4) is 0 Å². The molecule has 2 heteroatoms. The first-order valence-corrected chi connectivity index (χ1v) is 6.15. The maximum Gasteiger partial charge on any atom is 2.00 e. The van der Waals surface area contributed by atoms with E-state index in [-0.39, 0.29) is 22.8 Å². The van der Waals surface area contributed by atoms with Crippen LogP contribution in [0.5, 0.6) is 0 Å². The third kappa shape index (κ3) is 5.03. The van der Waals surface area contributed by atoms with E-state index in [0.717, 1.165) is 24.0 Å². The summed E-state index contributed by atoms with van der Waals surface area (Å²) < 4.78 is 0. The summed E-state index contributed by atoms with van der Waals surface area (Å²) >= 11 is 0. The van der Waals surface area contributed by atoms with Gasteiger partial charge in [0.25, 0.3) is 0 Å². The van der Waals surface area contributed by atoms with Crippen molar-refractivity contribution in [2.24, 2.45) is 0 Å². The van der Waals surface area contributed by atoms with Crippen LogP contribution in [-0.4, -0.2) is 0 Å². The Hall–Kier alpha value is -1.11. The van der Waals surface area contributed by atoms with Crippen LogP contribution in [0.2, 0.25) is 0 Å². The van der Waals surface area contributed by atoms with Gasteiger partial charge in [-0.25, -0.2) is 12.1 Å². The minimum absolute atomic E-state index is 0. The Morgan fingerprint density at radius 1 is 1.28 bits per heavy atom. The van der Waals surface area contributed by atoms with Crippen LogP contribution in [0.3, 0.4) is 0 Å². The Kier molecular flexibility index (Phi) is 8.36.